The number of rotatable bonds is 3. The van der Waals surface area contributed by atoms with Crippen LogP contribution in [0.1, 0.15) is 36.0 Å². The van der Waals surface area contributed by atoms with Crippen molar-refractivity contribution in [3.05, 3.63) is 27.7 Å². The molecule has 0 aliphatic heterocycles. The van der Waals surface area contributed by atoms with Gasteiger partial charge in [-0.15, -0.1) is 0 Å². The topological polar surface area (TPSA) is 62.1 Å². The van der Waals surface area contributed by atoms with Crippen LogP contribution in [0.25, 0.3) is 0 Å². The number of nitrogens with zero attached hydrogens (tertiary/aromatic N) is 1. The number of ether oxygens (including phenoxy) is 1. The fourth-order valence-electron chi connectivity index (χ4n) is 2.42. The van der Waals surface area contributed by atoms with Gasteiger partial charge in [0.1, 0.15) is 5.54 Å². The maximum absolute atomic E-state index is 12.2. The highest BCUT2D eigenvalue weighted by atomic mass is 35.5. The summed E-state index contributed by atoms with van der Waals surface area (Å²) < 4.78 is 5.04. The Morgan fingerprint density at radius 3 is 2.35 bits per heavy atom. The van der Waals surface area contributed by atoms with Crippen LogP contribution in [0.3, 0.4) is 0 Å². The molecule has 2 rings (SSSR count). The molecule has 1 aliphatic carbocycles. The number of methoxy groups -OCH3 is 1. The lowest BCUT2D eigenvalue weighted by molar-refractivity contribution is 0.0920. The Morgan fingerprint density at radius 1 is 1.35 bits per heavy atom. The summed E-state index contributed by atoms with van der Waals surface area (Å²) in [6, 6.07) is 5.18. The third-order valence-corrected chi connectivity index (χ3v) is 4.05. The third-order valence-electron chi connectivity index (χ3n) is 3.49. The summed E-state index contributed by atoms with van der Waals surface area (Å²) in [6.45, 7) is 0. The van der Waals surface area contributed by atoms with E-state index in [9.17, 15) is 10.1 Å². The molecule has 0 atom stereocenters. The molecule has 0 bridgehead atoms. The van der Waals surface area contributed by atoms with Gasteiger partial charge >= 0.3 is 0 Å². The first kappa shape index (κ1) is 15.0. The molecule has 1 N–H and O–H groups in total. The first-order valence-electron chi connectivity index (χ1n) is 6.28. The lowest BCUT2D eigenvalue weighted by Gasteiger charge is -2.22. The predicted molar refractivity (Wildman–Crippen MR) is 77.3 cm³/mol. The van der Waals surface area contributed by atoms with Crippen LogP contribution in [0.15, 0.2) is 12.1 Å². The fourth-order valence-corrected chi connectivity index (χ4v) is 3.06. The van der Waals surface area contributed by atoms with Crippen LogP contribution in [-0.4, -0.2) is 18.6 Å². The molecule has 0 saturated heterocycles. The average Bonchev–Trinajstić information content (AvgIpc) is 2.87. The Labute approximate surface area is 127 Å². The second kappa shape index (κ2) is 5.90. The minimum absolute atomic E-state index is 0.266. The van der Waals surface area contributed by atoms with E-state index in [2.05, 4.69) is 11.4 Å². The second-order valence-corrected chi connectivity index (χ2v) is 5.64. The van der Waals surface area contributed by atoms with Gasteiger partial charge in [0.05, 0.1) is 23.2 Å². The van der Waals surface area contributed by atoms with Crippen LogP contribution in [0.4, 0.5) is 0 Å². The number of hydrogen-bond donors (Lipinski definition) is 1. The van der Waals surface area contributed by atoms with Crippen LogP contribution in [0, 0.1) is 11.3 Å². The third kappa shape index (κ3) is 2.84. The molecule has 0 aromatic heterocycles. The molecular formula is C14H14Cl2N2O2. The molecule has 0 spiro atoms. The van der Waals surface area contributed by atoms with E-state index < -0.39 is 5.54 Å². The molecule has 1 aromatic carbocycles. The molecular weight excluding hydrogens is 299 g/mol. The molecule has 20 heavy (non-hydrogen) atoms. The van der Waals surface area contributed by atoms with Crippen molar-refractivity contribution in [1.82, 2.24) is 5.32 Å². The van der Waals surface area contributed by atoms with Crippen molar-refractivity contribution < 1.29 is 9.53 Å². The van der Waals surface area contributed by atoms with E-state index in [1.165, 1.54) is 19.2 Å². The van der Waals surface area contributed by atoms with E-state index in [1.807, 2.05) is 0 Å². The van der Waals surface area contributed by atoms with Crippen LogP contribution in [-0.2, 0) is 0 Å². The molecule has 4 nitrogen and oxygen atoms in total. The molecule has 0 unspecified atom stereocenters. The number of hydrogen-bond acceptors (Lipinski definition) is 3. The van der Waals surface area contributed by atoms with Gasteiger partial charge in [0.25, 0.3) is 5.91 Å². The highest BCUT2D eigenvalue weighted by molar-refractivity contribution is 6.37. The Bertz CT molecular complexity index is 552. The van der Waals surface area contributed by atoms with E-state index in [4.69, 9.17) is 27.9 Å². The number of benzene rings is 1. The summed E-state index contributed by atoms with van der Waals surface area (Å²) in [6.07, 6.45) is 3.23. The molecule has 6 heteroatoms. The van der Waals surface area contributed by atoms with Crippen molar-refractivity contribution in [3.63, 3.8) is 0 Å². The number of nitriles is 1. The van der Waals surface area contributed by atoms with Gasteiger partial charge in [-0.05, 0) is 37.8 Å². The summed E-state index contributed by atoms with van der Waals surface area (Å²) >= 11 is 12.0. The smallest absolute Gasteiger partial charge is 0.252 e. The Hall–Kier alpha value is -1.44. The van der Waals surface area contributed by atoms with Crippen molar-refractivity contribution in [2.45, 2.75) is 31.2 Å². The van der Waals surface area contributed by atoms with E-state index in [-0.39, 0.29) is 16.0 Å². The van der Waals surface area contributed by atoms with Crippen molar-refractivity contribution in [1.29, 1.82) is 5.26 Å². The second-order valence-electron chi connectivity index (χ2n) is 4.83. The number of amides is 1. The van der Waals surface area contributed by atoms with E-state index >= 15 is 0 Å². The molecule has 1 fully saturated rings. The Balaban J connectivity index is 2.24. The predicted octanol–water partition coefficient (Wildman–Crippen LogP) is 3.57. The maximum atomic E-state index is 12.2. The Morgan fingerprint density at radius 2 is 1.90 bits per heavy atom. The quantitative estimate of drug-likeness (QED) is 0.928. The van der Waals surface area contributed by atoms with Crippen molar-refractivity contribution in [2.24, 2.45) is 0 Å². The van der Waals surface area contributed by atoms with Crippen LogP contribution in [0.2, 0.25) is 10.0 Å². The van der Waals surface area contributed by atoms with Gasteiger partial charge in [0, 0.05) is 5.56 Å². The van der Waals surface area contributed by atoms with Crippen molar-refractivity contribution >= 4 is 29.1 Å². The molecule has 1 aliphatic rings. The van der Waals surface area contributed by atoms with Gasteiger partial charge in [0.15, 0.2) is 5.75 Å². The van der Waals surface area contributed by atoms with Gasteiger partial charge in [-0.25, -0.2) is 0 Å². The number of nitrogens with one attached hydrogen (secondary N) is 1. The lowest BCUT2D eigenvalue weighted by Crippen LogP contribution is -2.45. The van der Waals surface area contributed by atoms with E-state index in [0.717, 1.165) is 12.8 Å². The van der Waals surface area contributed by atoms with Crippen molar-refractivity contribution in [3.8, 4) is 11.8 Å². The van der Waals surface area contributed by atoms with Gasteiger partial charge in [-0.3, -0.25) is 4.79 Å². The summed E-state index contributed by atoms with van der Waals surface area (Å²) in [5.74, 6) is -0.0133. The highest BCUT2D eigenvalue weighted by Gasteiger charge is 2.35. The number of halogens is 2. The van der Waals surface area contributed by atoms with Gasteiger partial charge in [0.2, 0.25) is 0 Å². The number of carbonyl (C=O) groups excluding carboxylic acids is 1. The van der Waals surface area contributed by atoms with Gasteiger partial charge in [-0.2, -0.15) is 5.26 Å². The largest absolute Gasteiger partial charge is 0.494 e. The highest BCUT2D eigenvalue weighted by Crippen LogP contribution is 2.34. The first-order valence-corrected chi connectivity index (χ1v) is 7.04. The molecule has 1 aromatic rings. The average molecular weight is 313 g/mol. The zero-order valence-corrected chi connectivity index (χ0v) is 12.5. The summed E-state index contributed by atoms with van der Waals surface area (Å²) in [5, 5.41) is 12.6. The standard InChI is InChI=1S/C14H14Cl2N2O2/c1-20-12-10(15)6-9(7-11(12)16)13(19)18-14(8-17)4-2-3-5-14/h6-7H,2-5H2,1H3,(H,18,19). The fraction of sp³-hybridized carbons (Fsp3) is 0.429. The van der Waals surface area contributed by atoms with E-state index in [0.29, 0.717) is 24.2 Å². The minimum atomic E-state index is -0.768. The van der Waals surface area contributed by atoms with Crippen LogP contribution < -0.4 is 10.1 Å². The van der Waals surface area contributed by atoms with Gasteiger partial charge in [-0.1, -0.05) is 23.2 Å². The summed E-state index contributed by atoms with van der Waals surface area (Å²) in [7, 11) is 1.45. The molecule has 0 heterocycles. The Kier molecular flexibility index (Phi) is 4.42. The number of carbonyl (C=O) groups is 1. The van der Waals surface area contributed by atoms with Crippen LogP contribution >= 0.6 is 23.2 Å². The first-order chi connectivity index (χ1) is 9.51. The maximum Gasteiger partial charge on any atom is 0.252 e. The monoisotopic (exact) mass is 312 g/mol. The molecule has 1 amide bonds. The summed E-state index contributed by atoms with van der Waals surface area (Å²) in [4.78, 5) is 12.2. The normalized spacial score (nSPS) is 16.5. The summed E-state index contributed by atoms with van der Waals surface area (Å²) in [5.41, 5.74) is -0.446. The minimum Gasteiger partial charge on any atom is -0.494 e. The van der Waals surface area contributed by atoms with Crippen LogP contribution in [0.5, 0.6) is 5.75 Å². The zero-order valence-electron chi connectivity index (χ0n) is 11.0. The zero-order chi connectivity index (χ0) is 14.8. The SMILES string of the molecule is COc1c(Cl)cc(C(=O)NC2(C#N)CCCC2)cc1Cl. The lowest BCUT2D eigenvalue weighted by atomic mass is 9.99. The van der Waals surface area contributed by atoms with E-state index in [1.54, 1.807) is 0 Å². The molecule has 1 saturated carbocycles. The molecule has 106 valence electrons. The molecule has 0 radical (unpaired) electrons. The van der Waals surface area contributed by atoms with Crippen molar-refractivity contribution in [2.75, 3.05) is 7.11 Å². The van der Waals surface area contributed by atoms with Gasteiger partial charge < -0.3 is 10.1 Å².